The lowest BCUT2D eigenvalue weighted by Gasteiger charge is -2.20. The van der Waals surface area contributed by atoms with E-state index in [2.05, 4.69) is 0 Å². The van der Waals surface area contributed by atoms with Crippen molar-refractivity contribution in [3.63, 3.8) is 0 Å². The van der Waals surface area contributed by atoms with Gasteiger partial charge < -0.3 is 4.90 Å². The second-order valence-electron chi connectivity index (χ2n) is 6.09. The lowest BCUT2D eigenvalue weighted by atomic mass is 10.1. The number of benzene rings is 1. The van der Waals surface area contributed by atoms with Gasteiger partial charge >= 0.3 is 0 Å². The Morgan fingerprint density at radius 3 is 2.50 bits per heavy atom. The molecule has 0 N–H and O–H groups in total. The number of carbonyl (C=O) groups excluding carboxylic acids is 1. The maximum absolute atomic E-state index is 12.6. The largest absolute Gasteiger partial charge is 0.378 e. The summed E-state index contributed by atoms with van der Waals surface area (Å²) in [6, 6.07) is 7.53. The first-order chi connectivity index (χ1) is 11.3. The first kappa shape index (κ1) is 17.4. The van der Waals surface area contributed by atoms with Crippen LogP contribution >= 0.6 is 24.0 Å². The number of sulfone groups is 1. The minimum atomic E-state index is -3.06. The summed E-state index contributed by atoms with van der Waals surface area (Å²) < 4.78 is 23.8. The van der Waals surface area contributed by atoms with E-state index in [0.717, 1.165) is 11.3 Å². The molecular formula is C16H18N2O3S3. The zero-order valence-corrected chi connectivity index (χ0v) is 15.9. The third-order valence-electron chi connectivity index (χ3n) is 4.10. The van der Waals surface area contributed by atoms with Crippen LogP contribution in [0.25, 0.3) is 6.08 Å². The Labute approximate surface area is 151 Å². The summed E-state index contributed by atoms with van der Waals surface area (Å²) in [5, 5.41) is 0. The zero-order valence-electron chi connectivity index (χ0n) is 13.4. The molecule has 0 bridgehead atoms. The van der Waals surface area contributed by atoms with Crippen LogP contribution in [0, 0.1) is 0 Å². The SMILES string of the molecule is CN(C)c1ccc(/C=C2\SC(=S)N([C@@H]3CCS(=O)(=O)C3)C2=O)cc1. The fraction of sp³-hybridized carbons (Fsp3) is 0.375. The molecule has 0 saturated carbocycles. The van der Waals surface area contributed by atoms with Gasteiger partial charge in [0.15, 0.2) is 9.84 Å². The standard InChI is InChI=1S/C16H18N2O3S3/c1-17(2)12-5-3-11(4-6-12)9-14-15(19)18(16(22)23-14)13-7-8-24(20,21)10-13/h3-6,9,13H,7-8,10H2,1-2H3/b14-9-/t13-/m1/s1. The molecule has 0 radical (unpaired) electrons. The van der Waals surface area contributed by atoms with E-state index in [1.165, 1.54) is 16.7 Å². The van der Waals surface area contributed by atoms with Gasteiger partial charge in [0.05, 0.1) is 22.5 Å². The molecule has 8 heteroatoms. The molecule has 0 spiro atoms. The van der Waals surface area contributed by atoms with Crippen LogP contribution in [-0.4, -0.2) is 55.2 Å². The summed E-state index contributed by atoms with van der Waals surface area (Å²) in [5.41, 5.74) is 2.00. The fourth-order valence-electron chi connectivity index (χ4n) is 2.79. The summed E-state index contributed by atoms with van der Waals surface area (Å²) in [4.78, 5) is 16.7. The molecule has 0 aliphatic carbocycles. The summed E-state index contributed by atoms with van der Waals surface area (Å²) >= 11 is 6.54. The van der Waals surface area contributed by atoms with E-state index in [-0.39, 0.29) is 23.5 Å². The predicted molar refractivity (Wildman–Crippen MR) is 103 cm³/mol. The monoisotopic (exact) mass is 382 g/mol. The first-order valence-electron chi connectivity index (χ1n) is 7.52. The number of thiocarbonyl (C=S) groups is 1. The number of rotatable bonds is 3. The molecule has 2 heterocycles. The molecule has 0 aromatic heterocycles. The number of hydrogen-bond acceptors (Lipinski definition) is 6. The van der Waals surface area contributed by atoms with Gasteiger partial charge in [-0.25, -0.2) is 8.42 Å². The van der Waals surface area contributed by atoms with E-state index in [4.69, 9.17) is 12.2 Å². The van der Waals surface area contributed by atoms with Gasteiger partial charge in [0, 0.05) is 19.8 Å². The van der Waals surface area contributed by atoms with Gasteiger partial charge in [0.25, 0.3) is 5.91 Å². The van der Waals surface area contributed by atoms with Gasteiger partial charge in [0.1, 0.15) is 4.32 Å². The molecular weight excluding hydrogens is 364 g/mol. The van der Waals surface area contributed by atoms with Crippen molar-refractivity contribution < 1.29 is 13.2 Å². The lowest BCUT2D eigenvalue weighted by molar-refractivity contribution is -0.123. The Bertz CT molecular complexity index is 813. The van der Waals surface area contributed by atoms with Crippen LogP contribution in [0.3, 0.4) is 0 Å². The van der Waals surface area contributed by atoms with Crippen LogP contribution in [0.15, 0.2) is 29.2 Å². The summed E-state index contributed by atoms with van der Waals surface area (Å²) in [6.45, 7) is 0. The average molecular weight is 383 g/mol. The maximum Gasteiger partial charge on any atom is 0.266 e. The van der Waals surface area contributed by atoms with Crippen molar-refractivity contribution in [1.82, 2.24) is 4.90 Å². The Kier molecular flexibility index (Phi) is 4.72. The number of anilines is 1. The third-order valence-corrected chi connectivity index (χ3v) is 7.19. The minimum Gasteiger partial charge on any atom is -0.378 e. The van der Waals surface area contributed by atoms with Gasteiger partial charge in [-0.05, 0) is 30.2 Å². The quantitative estimate of drug-likeness (QED) is 0.590. The third kappa shape index (κ3) is 3.50. The Morgan fingerprint density at radius 2 is 1.96 bits per heavy atom. The highest BCUT2D eigenvalue weighted by Gasteiger charge is 2.42. The highest BCUT2D eigenvalue weighted by atomic mass is 32.2. The molecule has 2 aliphatic rings. The van der Waals surface area contributed by atoms with Crippen LogP contribution in [0.5, 0.6) is 0 Å². The van der Waals surface area contributed by atoms with E-state index in [1.54, 1.807) is 0 Å². The van der Waals surface area contributed by atoms with Crippen molar-refractivity contribution in [2.24, 2.45) is 0 Å². The van der Waals surface area contributed by atoms with Gasteiger partial charge in [-0.15, -0.1) is 0 Å². The van der Waals surface area contributed by atoms with Crippen molar-refractivity contribution in [2.45, 2.75) is 12.5 Å². The van der Waals surface area contributed by atoms with Gasteiger partial charge in [0.2, 0.25) is 0 Å². The van der Waals surface area contributed by atoms with Crippen molar-refractivity contribution in [3.8, 4) is 0 Å². The van der Waals surface area contributed by atoms with Crippen LogP contribution in [0.2, 0.25) is 0 Å². The Hall–Kier alpha value is -1.38. The molecule has 1 aromatic carbocycles. The Morgan fingerprint density at radius 1 is 1.29 bits per heavy atom. The average Bonchev–Trinajstić information content (AvgIpc) is 2.99. The molecule has 24 heavy (non-hydrogen) atoms. The van der Waals surface area contributed by atoms with Gasteiger partial charge in [-0.3, -0.25) is 9.69 Å². The second-order valence-corrected chi connectivity index (χ2v) is 10.00. The summed E-state index contributed by atoms with van der Waals surface area (Å²) in [7, 11) is 0.880. The molecule has 5 nitrogen and oxygen atoms in total. The maximum atomic E-state index is 12.6. The number of thioether (sulfide) groups is 1. The molecule has 2 saturated heterocycles. The van der Waals surface area contributed by atoms with E-state index in [1.807, 2.05) is 49.3 Å². The van der Waals surface area contributed by atoms with Crippen LogP contribution in [-0.2, 0) is 14.6 Å². The van der Waals surface area contributed by atoms with Crippen molar-refractivity contribution in [1.29, 1.82) is 0 Å². The molecule has 2 fully saturated rings. The molecule has 1 amide bonds. The zero-order chi connectivity index (χ0) is 17.5. The van der Waals surface area contributed by atoms with Crippen LogP contribution < -0.4 is 4.90 Å². The normalized spacial score (nSPS) is 24.8. The Balaban J connectivity index is 1.81. The van der Waals surface area contributed by atoms with Gasteiger partial charge in [-0.1, -0.05) is 36.1 Å². The van der Waals surface area contributed by atoms with Crippen molar-refractivity contribution >= 4 is 55.8 Å². The molecule has 1 atom stereocenters. The topological polar surface area (TPSA) is 57.7 Å². The smallest absolute Gasteiger partial charge is 0.266 e. The lowest BCUT2D eigenvalue weighted by Crippen LogP contribution is -2.39. The molecule has 3 rings (SSSR count). The van der Waals surface area contributed by atoms with E-state index < -0.39 is 9.84 Å². The van der Waals surface area contributed by atoms with Gasteiger partial charge in [-0.2, -0.15) is 0 Å². The highest BCUT2D eigenvalue weighted by molar-refractivity contribution is 8.26. The summed E-state index contributed by atoms with van der Waals surface area (Å²) in [6.07, 6.45) is 2.27. The number of nitrogens with zero attached hydrogens (tertiary/aromatic N) is 2. The molecule has 2 aliphatic heterocycles. The highest BCUT2D eigenvalue weighted by Crippen LogP contribution is 2.36. The number of carbonyl (C=O) groups is 1. The number of hydrogen-bond donors (Lipinski definition) is 0. The fourth-order valence-corrected chi connectivity index (χ4v) is 5.89. The predicted octanol–water partition coefficient (Wildman–Crippen LogP) is 2.14. The second kappa shape index (κ2) is 6.50. The van der Waals surface area contributed by atoms with Crippen LogP contribution in [0.4, 0.5) is 5.69 Å². The van der Waals surface area contributed by atoms with E-state index in [0.29, 0.717) is 15.6 Å². The number of amides is 1. The first-order valence-corrected chi connectivity index (χ1v) is 10.6. The van der Waals surface area contributed by atoms with E-state index in [9.17, 15) is 13.2 Å². The van der Waals surface area contributed by atoms with E-state index >= 15 is 0 Å². The van der Waals surface area contributed by atoms with Crippen LogP contribution in [0.1, 0.15) is 12.0 Å². The molecule has 0 unspecified atom stereocenters. The summed E-state index contributed by atoms with van der Waals surface area (Å²) in [5.74, 6) is -0.0619. The van der Waals surface area contributed by atoms with Crippen molar-refractivity contribution in [2.75, 3.05) is 30.5 Å². The molecule has 1 aromatic rings. The minimum absolute atomic E-state index is 0.00422. The van der Waals surface area contributed by atoms with Crippen molar-refractivity contribution in [3.05, 3.63) is 34.7 Å². The molecule has 128 valence electrons.